The van der Waals surface area contributed by atoms with Crippen molar-refractivity contribution in [1.29, 1.82) is 0 Å². The highest BCUT2D eigenvalue weighted by Crippen LogP contribution is 2.31. The van der Waals surface area contributed by atoms with E-state index in [1.165, 1.54) is 25.1 Å². The third-order valence-corrected chi connectivity index (χ3v) is 6.28. The average Bonchev–Trinajstić information content (AvgIpc) is 2.96. The maximum absolute atomic E-state index is 13.7. The predicted octanol–water partition coefficient (Wildman–Crippen LogP) is 3.68. The van der Waals surface area contributed by atoms with Gasteiger partial charge in [-0.3, -0.25) is 9.52 Å². The molecule has 26 heavy (non-hydrogen) atoms. The minimum Gasteiger partial charge on any atom is -0.312 e. The van der Waals surface area contributed by atoms with Gasteiger partial charge in [0.15, 0.2) is 0 Å². The topological polar surface area (TPSA) is 66.5 Å². The Morgan fingerprint density at radius 2 is 1.77 bits per heavy atom. The van der Waals surface area contributed by atoms with Gasteiger partial charge in [-0.1, -0.05) is 6.07 Å². The molecule has 1 heterocycles. The molecule has 0 atom stereocenters. The molecule has 1 amide bonds. The highest BCUT2D eigenvalue weighted by atomic mass is 32.2. The fourth-order valence-electron chi connectivity index (χ4n) is 3.34. The number of hydrogen-bond acceptors (Lipinski definition) is 3. The van der Waals surface area contributed by atoms with Crippen LogP contribution >= 0.6 is 0 Å². The molecule has 7 heteroatoms. The molecule has 1 aliphatic heterocycles. The van der Waals surface area contributed by atoms with E-state index in [0.29, 0.717) is 29.8 Å². The number of hydrogen-bond donors (Lipinski definition) is 1. The predicted molar refractivity (Wildman–Crippen MR) is 99.4 cm³/mol. The van der Waals surface area contributed by atoms with Crippen molar-refractivity contribution in [1.82, 2.24) is 0 Å². The van der Waals surface area contributed by atoms with Gasteiger partial charge in [-0.2, -0.15) is 0 Å². The molecule has 0 aromatic heterocycles. The van der Waals surface area contributed by atoms with Crippen LogP contribution in [0, 0.1) is 26.6 Å². The summed E-state index contributed by atoms with van der Waals surface area (Å²) in [5, 5.41) is 0. The summed E-state index contributed by atoms with van der Waals surface area (Å²) in [7, 11) is -3.89. The summed E-state index contributed by atoms with van der Waals surface area (Å²) in [5.41, 5.74) is 2.25. The van der Waals surface area contributed by atoms with Crippen molar-refractivity contribution >= 4 is 27.3 Å². The van der Waals surface area contributed by atoms with Gasteiger partial charge in [0.1, 0.15) is 5.82 Å². The Morgan fingerprint density at radius 3 is 2.35 bits per heavy atom. The van der Waals surface area contributed by atoms with Crippen LogP contribution in [0.1, 0.15) is 29.5 Å². The van der Waals surface area contributed by atoms with E-state index in [0.717, 1.165) is 6.42 Å². The number of anilines is 2. The van der Waals surface area contributed by atoms with E-state index in [-0.39, 0.29) is 22.1 Å². The van der Waals surface area contributed by atoms with Crippen LogP contribution in [0.4, 0.5) is 15.8 Å². The number of nitrogens with zero attached hydrogens (tertiary/aromatic N) is 1. The van der Waals surface area contributed by atoms with Crippen molar-refractivity contribution in [3.63, 3.8) is 0 Å². The summed E-state index contributed by atoms with van der Waals surface area (Å²) in [4.78, 5) is 13.8. The van der Waals surface area contributed by atoms with Crippen molar-refractivity contribution in [3.8, 4) is 0 Å². The summed E-state index contributed by atoms with van der Waals surface area (Å²) in [6.45, 7) is 5.56. The SMILES string of the molecule is Cc1cc(N2CCCC2=O)cc(C)c1S(=O)(=O)Nc1cccc(F)c1C. The Morgan fingerprint density at radius 1 is 1.12 bits per heavy atom. The fourth-order valence-corrected chi connectivity index (χ4v) is 4.92. The summed E-state index contributed by atoms with van der Waals surface area (Å²) >= 11 is 0. The van der Waals surface area contributed by atoms with Gasteiger partial charge >= 0.3 is 0 Å². The number of sulfonamides is 1. The molecule has 138 valence electrons. The highest BCUT2D eigenvalue weighted by Gasteiger charge is 2.26. The number of halogens is 1. The normalized spacial score (nSPS) is 14.8. The van der Waals surface area contributed by atoms with Gasteiger partial charge in [0.05, 0.1) is 10.6 Å². The number of carbonyl (C=O) groups excluding carboxylic acids is 1. The molecule has 0 radical (unpaired) electrons. The Labute approximate surface area is 152 Å². The van der Waals surface area contributed by atoms with Crippen molar-refractivity contribution in [2.75, 3.05) is 16.2 Å². The molecule has 1 N–H and O–H groups in total. The second-order valence-corrected chi connectivity index (χ2v) is 8.19. The molecular formula is C19H21FN2O3S. The summed E-state index contributed by atoms with van der Waals surface area (Å²) in [6, 6.07) is 7.69. The first kappa shape index (κ1) is 18.4. The molecule has 0 bridgehead atoms. The molecule has 0 spiro atoms. The van der Waals surface area contributed by atoms with E-state index >= 15 is 0 Å². The van der Waals surface area contributed by atoms with Gasteiger partial charge in [-0.25, -0.2) is 12.8 Å². The molecule has 2 aromatic carbocycles. The highest BCUT2D eigenvalue weighted by molar-refractivity contribution is 7.92. The van der Waals surface area contributed by atoms with Gasteiger partial charge in [-0.05, 0) is 62.6 Å². The first-order valence-corrected chi connectivity index (χ1v) is 9.88. The van der Waals surface area contributed by atoms with Crippen molar-refractivity contribution < 1.29 is 17.6 Å². The molecule has 0 aliphatic carbocycles. The van der Waals surface area contributed by atoms with Crippen LogP contribution in [-0.4, -0.2) is 20.9 Å². The van der Waals surface area contributed by atoms with E-state index in [1.54, 1.807) is 30.9 Å². The number of aryl methyl sites for hydroxylation is 2. The lowest BCUT2D eigenvalue weighted by Crippen LogP contribution is -2.24. The fraction of sp³-hybridized carbons (Fsp3) is 0.316. The smallest absolute Gasteiger partial charge is 0.262 e. The van der Waals surface area contributed by atoms with Crippen LogP contribution in [0.25, 0.3) is 0 Å². The Hall–Kier alpha value is -2.41. The van der Waals surface area contributed by atoms with E-state index in [1.807, 2.05) is 0 Å². The zero-order valence-electron chi connectivity index (χ0n) is 15.0. The molecule has 1 fully saturated rings. The van der Waals surface area contributed by atoms with Crippen LogP contribution in [0.2, 0.25) is 0 Å². The lowest BCUT2D eigenvalue weighted by atomic mass is 10.1. The first-order valence-electron chi connectivity index (χ1n) is 8.40. The second-order valence-electron chi connectivity index (χ2n) is 6.58. The summed E-state index contributed by atoms with van der Waals surface area (Å²) in [6.07, 6.45) is 1.32. The third kappa shape index (κ3) is 3.31. The van der Waals surface area contributed by atoms with Gasteiger partial charge in [0.25, 0.3) is 10.0 Å². The van der Waals surface area contributed by atoms with E-state index in [2.05, 4.69) is 4.72 Å². The van der Waals surface area contributed by atoms with Crippen molar-refractivity contribution in [2.24, 2.45) is 0 Å². The Balaban J connectivity index is 2.00. The van der Waals surface area contributed by atoms with E-state index in [9.17, 15) is 17.6 Å². The van der Waals surface area contributed by atoms with Gasteiger partial charge in [-0.15, -0.1) is 0 Å². The number of benzene rings is 2. The number of rotatable bonds is 4. The minimum atomic E-state index is -3.89. The number of nitrogens with one attached hydrogen (secondary N) is 1. The zero-order chi connectivity index (χ0) is 19.1. The molecule has 0 unspecified atom stereocenters. The van der Waals surface area contributed by atoms with Crippen molar-refractivity contribution in [2.45, 2.75) is 38.5 Å². The van der Waals surface area contributed by atoms with Crippen LogP contribution in [0.5, 0.6) is 0 Å². The largest absolute Gasteiger partial charge is 0.312 e. The van der Waals surface area contributed by atoms with Gasteiger partial charge in [0.2, 0.25) is 5.91 Å². The zero-order valence-corrected chi connectivity index (χ0v) is 15.8. The summed E-state index contributed by atoms with van der Waals surface area (Å²) in [5.74, 6) is -0.422. The van der Waals surface area contributed by atoms with Crippen molar-refractivity contribution in [3.05, 3.63) is 52.8 Å². The summed E-state index contributed by atoms with van der Waals surface area (Å²) < 4.78 is 42.0. The van der Waals surface area contributed by atoms with Crippen LogP contribution in [0.3, 0.4) is 0 Å². The maximum Gasteiger partial charge on any atom is 0.262 e. The average molecular weight is 376 g/mol. The molecular weight excluding hydrogens is 355 g/mol. The minimum absolute atomic E-state index is 0.0490. The number of amides is 1. The standard InChI is InChI=1S/C19H21FN2O3S/c1-12-10-15(22-9-5-8-18(22)23)11-13(2)19(12)26(24,25)21-17-7-4-6-16(20)14(17)3/h4,6-7,10-11,21H,5,8-9H2,1-3H3. The molecule has 3 rings (SSSR count). The van der Waals surface area contributed by atoms with Crippen LogP contribution in [-0.2, 0) is 14.8 Å². The molecule has 0 saturated carbocycles. The Bertz CT molecular complexity index is 963. The molecule has 5 nitrogen and oxygen atoms in total. The van der Waals surface area contributed by atoms with E-state index < -0.39 is 15.8 Å². The van der Waals surface area contributed by atoms with Gasteiger partial charge in [0, 0.05) is 24.2 Å². The lowest BCUT2D eigenvalue weighted by molar-refractivity contribution is -0.117. The molecule has 1 aliphatic rings. The second kappa shape index (κ2) is 6.72. The maximum atomic E-state index is 13.7. The molecule has 2 aromatic rings. The first-order chi connectivity index (χ1) is 12.2. The quantitative estimate of drug-likeness (QED) is 0.885. The number of carbonyl (C=O) groups is 1. The van der Waals surface area contributed by atoms with Gasteiger partial charge < -0.3 is 4.90 Å². The van der Waals surface area contributed by atoms with Crippen LogP contribution < -0.4 is 9.62 Å². The third-order valence-electron chi connectivity index (χ3n) is 4.61. The lowest BCUT2D eigenvalue weighted by Gasteiger charge is -2.20. The monoisotopic (exact) mass is 376 g/mol. The molecule has 1 saturated heterocycles. The van der Waals surface area contributed by atoms with Crippen LogP contribution in [0.15, 0.2) is 35.2 Å². The van der Waals surface area contributed by atoms with E-state index in [4.69, 9.17) is 0 Å². The Kier molecular flexibility index (Phi) is 4.75.